The van der Waals surface area contributed by atoms with Crippen LogP contribution in [0, 0.1) is 17.6 Å². The van der Waals surface area contributed by atoms with E-state index < -0.39 is 27.8 Å². The number of sulfonamides is 1. The van der Waals surface area contributed by atoms with Crippen molar-refractivity contribution in [1.29, 1.82) is 0 Å². The lowest BCUT2D eigenvalue weighted by Gasteiger charge is -2.41. The number of nitrogens with one attached hydrogen (secondary N) is 1. The van der Waals surface area contributed by atoms with Crippen LogP contribution in [0.25, 0.3) is 0 Å². The number of amides is 2. The summed E-state index contributed by atoms with van der Waals surface area (Å²) in [6.07, 6.45) is 3.43. The molecule has 1 aliphatic heterocycles. The molecule has 258 valence electrons. The molecule has 3 aromatic rings. The Kier molecular flexibility index (Phi) is 11.2. The summed E-state index contributed by atoms with van der Waals surface area (Å²) in [6.45, 7) is 5.99. The summed E-state index contributed by atoms with van der Waals surface area (Å²) in [5.41, 5.74) is 0.835. The predicted molar refractivity (Wildman–Crippen MR) is 180 cm³/mol. The van der Waals surface area contributed by atoms with Crippen LogP contribution in [0.5, 0.6) is 0 Å². The van der Waals surface area contributed by atoms with Gasteiger partial charge in [0.25, 0.3) is 0 Å². The van der Waals surface area contributed by atoms with Crippen LogP contribution in [0.15, 0.2) is 83.8 Å². The van der Waals surface area contributed by atoms with Gasteiger partial charge in [-0.2, -0.15) is 4.31 Å². The van der Waals surface area contributed by atoms with Crippen molar-refractivity contribution in [2.24, 2.45) is 5.92 Å². The molecule has 3 atom stereocenters. The Balaban J connectivity index is 1.28. The molecule has 1 saturated carbocycles. The summed E-state index contributed by atoms with van der Waals surface area (Å²) in [5, 5.41) is 3.23. The molecule has 0 spiro atoms. The number of benzene rings is 3. The monoisotopic (exact) mass is 681 g/mol. The highest BCUT2D eigenvalue weighted by molar-refractivity contribution is 7.89. The Morgan fingerprint density at radius 2 is 1.48 bits per heavy atom. The maximum atomic E-state index is 13.8. The largest absolute Gasteiger partial charge is 0.444 e. The first-order chi connectivity index (χ1) is 22.8. The molecule has 8 nitrogen and oxygen atoms in total. The standard InChI is InChI=1S/C37H45F2N3O5S/c1-37(2,3)47-36(44)41-22-23-42(48(45,46)32-9-5-4-6-10-32)31(25-41)21-16-28-8-7-11-34(28)40-35(43)24-33(26-12-17-29(38)18-13-26)27-14-19-30(39)20-15-27/h4-6,9-10,12-15,17-20,28,31,33-34H,7-8,11,16,21-25H2,1-3H3,(H,40,43)/t28?,31-,34-/m0/s1. The maximum Gasteiger partial charge on any atom is 0.410 e. The summed E-state index contributed by atoms with van der Waals surface area (Å²) < 4.78 is 62.1. The van der Waals surface area contributed by atoms with E-state index in [1.807, 2.05) is 0 Å². The number of nitrogens with zero attached hydrogens (tertiary/aromatic N) is 2. The van der Waals surface area contributed by atoms with E-state index in [0.29, 0.717) is 12.8 Å². The first-order valence-electron chi connectivity index (χ1n) is 16.7. The second-order valence-corrected chi connectivity index (χ2v) is 15.7. The highest BCUT2D eigenvalue weighted by atomic mass is 32.2. The molecule has 3 aromatic carbocycles. The average Bonchev–Trinajstić information content (AvgIpc) is 3.49. The second-order valence-electron chi connectivity index (χ2n) is 13.8. The zero-order valence-electron chi connectivity index (χ0n) is 27.8. The summed E-state index contributed by atoms with van der Waals surface area (Å²) >= 11 is 0. The van der Waals surface area contributed by atoms with Crippen LogP contribution < -0.4 is 5.32 Å². The van der Waals surface area contributed by atoms with E-state index in [4.69, 9.17) is 4.74 Å². The van der Waals surface area contributed by atoms with Crippen molar-refractivity contribution >= 4 is 22.0 Å². The molecule has 2 fully saturated rings. The molecule has 48 heavy (non-hydrogen) atoms. The van der Waals surface area contributed by atoms with Gasteiger partial charge in [0, 0.05) is 44.1 Å². The fraction of sp³-hybridized carbons (Fsp3) is 0.459. The number of piperazine rings is 1. The van der Waals surface area contributed by atoms with Crippen LogP contribution in [0.1, 0.15) is 76.3 Å². The van der Waals surface area contributed by atoms with Gasteiger partial charge < -0.3 is 15.0 Å². The highest BCUT2D eigenvalue weighted by Crippen LogP contribution is 2.34. The molecule has 0 radical (unpaired) electrons. The van der Waals surface area contributed by atoms with Crippen molar-refractivity contribution in [3.05, 3.63) is 102 Å². The molecule has 1 saturated heterocycles. The third kappa shape index (κ3) is 8.99. The van der Waals surface area contributed by atoms with Gasteiger partial charge in [-0.3, -0.25) is 4.79 Å². The zero-order chi connectivity index (χ0) is 34.5. The minimum Gasteiger partial charge on any atom is -0.444 e. The van der Waals surface area contributed by atoms with Gasteiger partial charge in [0.15, 0.2) is 0 Å². The van der Waals surface area contributed by atoms with E-state index in [1.54, 1.807) is 80.3 Å². The quantitative estimate of drug-likeness (QED) is 0.252. The van der Waals surface area contributed by atoms with Gasteiger partial charge in [-0.1, -0.05) is 48.9 Å². The molecule has 11 heteroatoms. The van der Waals surface area contributed by atoms with Crippen molar-refractivity contribution in [3.63, 3.8) is 0 Å². The number of carbonyl (C=O) groups is 2. The van der Waals surface area contributed by atoms with Crippen molar-refractivity contribution in [3.8, 4) is 0 Å². The Hall–Kier alpha value is -3.83. The first-order valence-corrected chi connectivity index (χ1v) is 18.1. The molecular weight excluding hydrogens is 636 g/mol. The molecule has 1 aliphatic carbocycles. The summed E-state index contributed by atoms with van der Waals surface area (Å²) in [4.78, 5) is 28.3. The van der Waals surface area contributed by atoms with E-state index >= 15 is 0 Å². The van der Waals surface area contributed by atoms with E-state index in [-0.39, 0.29) is 66.4 Å². The molecular formula is C37H45F2N3O5S. The van der Waals surface area contributed by atoms with Crippen LogP contribution >= 0.6 is 0 Å². The third-order valence-corrected chi connectivity index (χ3v) is 11.2. The van der Waals surface area contributed by atoms with E-state index in [2.05, 4.69) is 5.32 Å². The van der Waals surface area contributed by atoms with Crippen LogP contribution in [0.3, 0.4) is 0 Å². The molecule has 5 rings (SSSR count). The van der Waals surface area contributed by atoms with E-state index in [9.17, 15) is 26.8 Å². The lowest BCUT2D eigenvalue weighted by Crippen LogP contribution is -2.57. The van der Waals surface area contributed by atoms with Crippen molar-refractivity contribution in [2.45, 2.75) is 87.8 Å². The maximum absolute atomic E-state index is 13.8. The van der Waals surface area contributed by atoms with Gasteiger partial charge >= 0.3 is 6.09 Å². The number of hydrogen-bond donors (Lipinski definition) is 1. The second kappa shape index (κ2) is 15.2. The van der Waals surface area contributed by atoms with Crippen LogP contribution in [-0.2, 0) is 19.6 Å². The molecule has 0 bridgehead atoms. The van der Waals surface area contributed by atoms with Crippen molar-refractivity contribution < 1.29 is 31.5 Å². The van der Waals surface area contributed by atoms with Gasteiger partial charge in [-0.05, 0) is 99.9 Å². The lowest BCUT2D eigenvalue weighted by molar-refractivity contribution is -0.122. The van der Waals surface area contributed by atoms with Crippen molar-refractivity contribution in [2.75, 3.05) is 19.6 Å². The summed E-state index contributed by atoms with van der Waals surface area (Å²) in [5.74, 6) is -1.17. The van der Waals surface area contributed by atoms with Gasteiger partial charge in [0.2, 0.25) is 15.9 Å². The number of halogens is 2. The van der Waals surface area contributed by atoms with Crippen molar-refractivity contribution in [1.82, 2.24) is 14.5 Å². The normalized spacial score (nSPS) is 20.5. The summed E-state index contributed by atoms with van der Waals surface area (Å²) in [7, 11) is -3.81. The van der Waals surface area contributed by atoms with E-state index in [1.165, 1.54) is 28.6 Å². The first kappa shape index (κ1) is 35.5. The fourth-order valence-electron chi connectivity index (χ4n) is 6.86. The average molecular weight is 682 g/mol. The van der Waals surface area contributed by atoms with Gasteiger partial charge in [-0.25, -0.2) is 22.0 Å². The Labute approximate surface area is 282 Å². The van der Waals surface area contributed by atoms with Crippen LogP contribution in [-0.4, -0.2) is 66.9 Å². The third-order valence-electron chi connectivity index (χ3n) is 9.24. The van der Waals surface area contributed by atoms with Crippen LogP contribution in [0.2, 0.25) is 0 Å². The molecule has 1 heterocycles. The minimum absolute atomic E-state index is 0.0932. The van der Waals surface area contributed by atoms with Gasteiger partial charge in [-0.15, -0.1) is 0 Å². The molecule has 0 aromatic heterocycles. The van der Waals surface area contributed by atoms with Gasteiger partial charge in [0.05, 0.1) is 4.90 Å². The molecule has 2 amide bonds. The summed E-state index contributed by atoms with van der Waals surface area (Å²) in [6, 6.07) is 19.8. The van der Waals surface area contributed by atoms with Crippen LogP contribution in [0.4, 0.5) is 13.6 Å². The Morgan fingerprint density at radius 3 is 2.06 bits per heavy atom. The lowest BCUT2D eigenvalue weighted by atomic mass is 9.88. The predicted octanol–water partition coefficient (Wildman–Crippen LogP) is 6.86. The number of carbonyl (C=O) groups excluding carboxylic acids is 2. The number of hydrogen-bond acceptors (Lipinski definition) is 5. The zero-order valence-corrected chi connectivity index (χ0v) is 28.6. The smallest absolute Gasteiger partial charge is 0.410 e. The Morgan fingerprint density at radius 1 is 0.875 bits per heavy atom. The highest BCUT2D eigenvalue weighted by Gasteiger charge is 2.39. The SMILES string of the molecule is CC(C)(C)OC(=O)N1CCN(S(=O)(=O)c2ccccc2)[C@@H](CCC2CCC[C@@H]2NC(=O)CC(c2ccc(F)cc2)c2ccc(F)cc2)C1. The Bertz CT molecular complexity index is 1600. The topological polar surface area (TPSA) is 96.0 Å². The molecule has 1 unspecified atom stereocenters. The number of ether oxygens (including phenoxy) is 1. The van der Waals surface area contributed by atoms with Gasteiger partial charge in [0.1, 0.15) is 17.2 Å². The molecule has 1 N–H and O–H groups in total. The van der Waals surface area contributed by atoms with E-state index in [0.717, 1.165) is 30.4 Å². The number of rotatable bonds is 10. The fourth-order valence-corrected chi connectivity index (χ4v) is 8.52. The minimum atomic E-state index is -3.81. The molecule has 2 aliphatic rings.